The van der Waals surface area contributed by atoms with Crippen LogP contribution >= 0.6 is 0 Å². The fraction of sp³-hybridized carbons (Fsp3) is 0.250. The lowest BCUT2D eigenvalue weighted by Gasteiger charge is -2.41. The van der Waals surface area contributed by atoms with Gasteiger partial charge < -0.3 is 15.2 Å². The lowest BCUT2D eigenvalue weighted by molar-refractivity contribution is -0.0672. The maximum Gasteiger partial charge on any atom is 0.196 e. The number of ketones is 2. The van der Waals surface area contributed by atoms with Crippen LogP contribution in [0.3, 0.4) is 0 Å². The molecule has 3 aromatic carbocycles. The van der Waals surface area contributed by atoms with Gasteiger partial charge in [-0.3, -0.25) is 9.59 Å². The van der Waals surface area contributed by atoms with E-state index in [1.54, 1.807) is 12.1 Å². The summed E-state index contributed by atoms with van der Waals surface area (Å²) in [5, 5.41) is 15.3. The SMILES string of the molecule is Cc1ccc2c3c(ccc2c1)C(=O)c1c(ccc2c1N[C@@H]1C[C@H]2OC[C@H]1O)C3=O. The van der Waals surface area contributed by atoms with Crippen LogP contribution in [0.4, 0.5) is 5.69 Å². The van der Waals surface area contributed by atoms with Gasteiger partial charge in [-0.25, -0.2) is 0 Å². The highest BCUT2D eigenvalue weighted by atomic mass is 16.5. The van der Waals surface area contributed by atoms with Crippen LogP contribution in [-0.4, -0.2) is 35.4 Å². The molecule has 3 aliphatic rings. The molecule has 5 heteroatoms. The highest BCUT2D eigenvalue weighted by molar-refractivity contribution is 6.33. The standard InChI is InChI=1S/C24H19NO4/c1-11-2-4-13-12(8-11)3-5-15-20(13)23(27)16-7-6-14-19-9-17(18(26)10-29-19)25-22(14)21(16)24(15)28/h2-8,17-19,25-26H,9-10H2,1H3/t17-,18-,19-/m1/s1. The predicted octanol–water partition coefficient (Wildman–Crippen LogP) is 3.54. The molecule has 2 N–H and O–H groups in total. The van der Waals surface area contributed by atoms with Crippen LogP contribution in [0.5, 0.6) is 0 Å². The van der Waals surface area contributed by atoms with Crippen molar-refractivity contribution in [3.8, 4) is 0 Å². The number of fused-ring (bicyclic) bond motifs is 9. The minimum Gasteiger partial charge on any atom is -0.389 e. The van der Waals surface area contributed by atoms with Crippen LogP contribution in [0.25, 0.3) is 10.8 Å². The summed E-state index contributed by atoms with van der Waals surface area (Å²) in [5.74, 6) is -0.290. The van der Waals surface area contributed by atoms with Crippen molar-refractivity contribution in [3.05, 3.63) is 75.8 Å². The number of hydrogen-bond donors (Lipinski definition) is 2. The molecule has 0 spiro atoms. The minimum atomic E-state index is -0.635. The third kappa shape index (κ3) is 2.23. The summed E-state index contributed by atoms with van der Waals surface area (Å²) < 4.78 is 5.79. The molecule has 0 saturated carbocycles. The molecule has 1 fully saturated rings. The van der Waals surface area contributed by atoms with Crippen LogP contribution in [0.2, 0.25) is 0 Å². The summed E-state index contributed by atoms with van der Waals surface area (Å²) in [7, 11) is 0. The van der Waals surface area contributed by atoms with Crippen LogP contribution < -0.4 is 5.32 Å². The highest BCUT2D eigenvalue weighted by Crippen LogP contribution is 2.45. The Morgan fingerprint density at radius 1 is 1.00 bits per heavy atom. The molecule has 6 rings (SSSR count). The van der Waals surface area contributed by atoms with E-state index in [9.17, 15) is 14.7 Å². The van der Waals surface area contributed by atoms with Crippen molar-refractivity contribution >= 4 is 28.0 Å². The fourth-order valence-electron chi connectivity index (χ4n) is 4.96. The van der Waals surface area contributed by atoms with E-state index in [-0.39, 0.29) is 30.3 Å². The van der Waals surface area contributed by atoms with Gasteiger partial charge in [0.15, 0.2) is 11.6 Å². The molecular formula is C24H19NO4. The van der Waals surface area contributed by atoms with E-state index in [0.29, 0.717) is 34.4 Å². The average molecular weight is 385 g/mol. The quantitative estimate of drug-likeness (QED) is 0.484. The Bertz CT molecular complexity index is 1250. The summed E-state index contributed by atoms with van der Waals surface area (Å²) in [6, 6.07) is 13.0. The average Bonchev–Trinajstić information content (AvgIpc) is 2.73. The van der Waals surface area contributed by atoms with E-state index < -0.39 is 6.10 Å². The number of carbonyl (C=O) groups is 2. The number of rotatable bonds is 0. The Morgan fingerprint density at radius 2 is 1.76 bits per heavy atom. The first-order valence-electron chi connectivity index (χ1n) is 9.89. The number of benzene rings is 3. The van der Waals surface area contributed by atoms with Crippen molar-refractivity contribution in [1.29, 1.82) is 0 Å². The van der Waals surface area contributed by atoms with Gasteiger partial charge in [0.2, 0.25) is 0 Å². The van der Waals surface area contributed by atoms with Gasteiger partial charge in [-0.1, -0.05) is 35.9 Å². The molecular weight excluding hydrogens is 366 g/mol. The Morgan fingerprint density at radius 3 is 2.62 bits per heavy atom. The zero-order valence-corrected chi connectivity index (χ0v) is 15.9. The molecule has 0 amide bonds. The molecule has 0 radical (unpaired) electrons. The van der Waals surface area contributed by atoms with Crippen LogP contribution in [0.15, 0.2) is 42.5 Å². The Balaban J connectivity index is 1.59. The maximum absolute atomic E-state index is 13.5. The van der Waals surface area contributed by atoms with Crippen molar-refractivity contribution in [2.75, 3.05) is 11.9 Å². The third-order valence-corrected chi connectivity index (χ3v) is 6.43. The van der Waals surface area contributed by atoms with Gasteiger partial charge in [-0.15, -0.1) is 0 Å². The molecule has 5 nitrogen and oxygen atoms in total. The van der Waals surface area contributed by atoms with E-state index >= 15 is 0 Å². The molecule has 3 aromatic rings. The summed E-state index contributed by atoms with van der Waals surface area (Å²) in [5.41, 5.74) is 4.35. The monoisotopic (exact) mass is 385 g/mol. The van der Waals surface area contributed by atoms with Crippen molar-refractivity contribution in [3.63, 3.8) is 0 Å². The van der Waals surface area contributed by atoms with Gasteiger partial charge >= 0.3 is 0 Å². The zero-order valence-electron chi connectivity index (χ0n) is 15.9. The van der Waals surface area contributed by atoms with Crippen LogP contribution in [0, 0.1) is 6.92 Å². The van der Waals surface area contributed by atoms with E-state index in [2.05, 4.69) is 5.32 Å². The number of ether oxygens (including phenoxy) is 1. The first kappa shape index (κ1) is 16.9. The number of aryl methyl sites for hydroxylation is 1. The second-order valence-corrected chi connectivity index (χ2v) is 8.20. The Hall–Kier alpha value is -3.02. The van der Waals surface area contributed by atoms with Gasteiger partial charge in [0.1, 0.15) is 0 Å². The van der Waals surface area contributed by atoms with Gasteiger partial charge in [0, 0.05) is 28.7 Å². The predicted molar refractivity (Wildman–Crippen MR) is 109 cm³/mol. The van der Waals surface area contributed by atoms with Gasteiger partial charge in [0.25, 0.3) is 0 Å². The van der Waals surface area contributed by atoms with Crippen molar-refractivity contribution in [2.45, 2.75) is 31.6 Å². The Kier molecular flexibility index (Phi) is 3.35. The first-order chi connectivity index (χ1) is 14.0. The normalized spacial score (nSPS) is 24.6. The topological polar surface area (TPSA) is 75.6 Å². The lowest BCUT2D eigenvalue weighted by atomic mass is 9.77. The van der Waals surface area contributed by atoms with E-state index in [1.165, 1.54) is 0 Å². The second kappa shape index (κ2) is 5.75. The van der Waals surface area contributed by atoms with Gasteiger partial charge in [-0.2, -0.15) is 0 Å². The maximum atomic E-state index is 13.5. The number of hydrogen-bond acceptors (Lipinski definition) is 5. The molecule has 2 heterocycles. The van der Waals surface area contributed by atoms with Gasteiger partial charge in [-0.05, 0) is 29.8 Å². The van der Waals surface area contributed by atoms with Gasteiger partial charge in [0.05, 0.1) is 36.1 Å². The Labute approximate surface area is 167 Å². The largest absolute Gasteiger partial charge is 0.389 e. The van der Waals surface area contributed by atoms with E-state index in [1.807, 2.05) is 37.3 Å². The second-order valence-electron chi connectivity index (χ2n) is 8.20. The number of carbonyl (C=O) groups excluding carboxylic acids is 2. The van der Waals surface area contributed by atoms with E-state index in [0.717, 1.165) is 21.9 Å². The number of nitrogens with one attached hydrogen (secondary N) is 1. The molecule has 144 valence electrons. The minimum absolute atomic E-state index is 0.133. The molecule has 2 bridgehead atoms. The van der Waals surface area contributed by atoms with Crippen LogP contribution in [-0.2, 0) is 4.74 Å². The summed E-state index contributed by atoms with van der Waals surface area (Å²) >= 11 is 0. The summed E-state index contributed by atoms with van der Waals surface area (Å²) in [6.07, 6.45) is -0.159. The molecule has 0 unspecified atom stereocenters. The van der Waals surface area contributed by atoms with Crippen molar-refractivity contribution < 1.29 is 19.4 Å². The number of aliphatic hydroxyl groups is 1. The first-order valence-corrected chi connectivity index (χ1v) is 9.89. The third-order valence-electron chi connectivity index (χ3n) is 6.43. The molecule has 29 heavy (non-hydrogen) atoms. The molecule has 1 saturated heterocycles. The van der Waals surface area contributed by atoms with E-state index in [4.69, 9.17) is 4.74 Å². The molecule has 2 aliphatic heterocycles. The van der Waals surface area contributed by atoms with Crippen molar-refractivity contribution in [2.24, 2.45) is 0 Å². The zero-order chi connectivity index (χ0) is 19.9. The molecule has 0 aromatic heterocycles. The van der Waals surface area contributed by atoms with Crippen LogP contribution in [0.1, 0.15) is 55.5 Å². The lowest BCUT2D eigenvalue weighted by Crippen LogP contribution is -2.46. The smallest absolute Gasteiger partial charge is 0.196 e. The number of aliphatic hydroxyl groups excluding tert-OH is 1. The summed E-state index contributed by atoms with van der Waals surface area (Å²) in [6.45, 7) is 2.27. The summed E-state index contributed by atoms with van der Waals surface area (Å²) in [4.78, 5) is 27.0. The fourth-order valence-corrected chi connectivity index (χ4v) is 4.96. The number of anilines is 1. The molecule has 1 aliphatic carbocycles. The molecule has 3 atom stereocenters. The highest BCUT2D eigenvalue weighted by Gasteiger charge is 2.41. The van der Waals surface area contributed by atoms with Crippen molar-refractivity contribution in [1.82, 2.24) is 0 Å².